The van der Waals surface area contributed by atoms with E-state index in [0.29, 0.717) is 13.0 Å². The van der Waals surface area contributed by atoms with Crippen LogP contribution in [-0.4, -0.2) is 18.5 Å². The van der Waals surface area contributed by atoms with Crippen LogP contribution in [0.25, 0.3) is 0 Å². The van der Waals surface area contributed by atoms with Gasteiger partial charge in [-0.15, -0.1) is 0 Å². The quantitative estimate of drug-likeness (QED) is 0.620. The molecule has 2 aromatic rings. The Labute approximate surface area is 142 Å². The maximum absolute atomic E-state index is 13.5. The number of benzene rings is 2. The van der Waals surface area contributed by atoms with E-state index in [1.165, 1.54) is 6.07 Å². The number of aryl methyl sites for hydroxylation is 1. The minimum absolute atomic E-state index is 0.139. The second kappa shape index (κ2) is 9.03. The maximum Gasteiger partial charge on any atom is 0.234 e. The molecule has 1 unspecified atom stereocenters. The fourth-order valence-electron chi connectivity index (χ4n) is 2.32. The number of carbonyl (C=O) groups is 1. The molecule has 0 aliphatic carbocycles. The van der Waals surface area contributed by atoms with Crippen molar-refractivity contribution in [2.45, 2.75) is 32.4 Å². The van der Waals surface area contributed by atoms with E-state index < -0.39 is 0 Å². The average molecular weight is 329 g/mol. The number of anilines is 1. The van der Waals surface area contributed by atoms with Crippen LogP contribution in [0.3, 0.4) is 0 Å². The molecule has 0 saturated carbocycles. The molecule has 0 fully saturated rings. The molecule has 5 heteroatoms. The second-order valence-electron chi connectivity index (χ2n) is 5.82. The monoisotopic (exact) mass is 329 g/mol. The molecular weight excluding hydrogens is 305 g/mol. The summed E-state index contributed by atoms with van der Waals surface area (Å²) in [6, 6.07) is 14.5. The minimum atomic E-state index is -0.358. The van der Waals surface area contributed by atoms with E-state index in [-0.39, 0.29) is 17.8 Å². The van der Waals surface area contributed by atoms with E-state index in [2.05, 4.69) is 10.6 Å². The highest BCUT2D eigenvalue weighted by molar-refractivity contribution is 5.79. The number of hydrogen-bond acceptors (Lipinski definition) is 3. The number of nitrogens with one attached hydrogen (secondary N) is 2. The minimum Gasteiger partial charge on any atom is -0.385 e. The highest BCUT2D eigenvalue weighted by Crippen LogP contribution is 2.12. The Hall–Kier alpha value is -2.40. The van der Waals surface area contributed by atoms with E-state index in [4.69, 9.17) is 5.73 Å². The molecule has 0 spiro atoms. The smallest absolute Gasteiger partial charge is 0.234 e. The second-order valence-corrected chi connectivity index (χ2v) is 5.82. The third-order valence-corrected chi connectivity index (χ3v) is 3.90. The zero-order valence-corrected chi connectivity index (χ0v) is 13.9. The van der Waals surface area contributed by atoms with Gasteiger partial charge in [0.2, 0.25) is 5.91 Å². The summed E-state index contributed by atoms with van der Waals surface area (Å²) in [5.41, 5.74) is 8.07. The standard InChI is InChI=1S/C19H24FN3O/c1-14(19(21)24)23-13-15-8-10-17(11-9-15)22-12-4-6-16-5-2-3-7-18(16)20/h2-3,5,7-11,14,22-23H,4,6,12-13H2,1H3,(H2,21,24). The summed E-state index contributed by atoms with van der Waals surface area (Å²) in [5, 5.41) is 6.39. The first kappa shape index (κ1) is 17.9. The molecule has 0 aliphatic rings. The fraction of sp³-hybridized carbons (Fsp3) is 0.316. The van der Waals surface area contributed by atoms with Gasteiger partial charge in [-0.25, -0.2) is 4.39 Å². The largest absolute Gasteiger partial charge is 0.385 e. The number of amides is 1. The number of nitrogens with two attached hydrogens (primary N) is 1. The SMILES string of the molecule is CC(NCc1ccc(NCCCc2ccccc2F)cc1)C(N)=O. The summed E-state index contributed by atoms with van der Waals surface area (Å²) in [5.74, 6) is -0.498. The topological polar surface area (TPSA) is 67.2 Å². The predicted molar refractivity (Wildman–Crippen MR) is 95.1 cm³/mol. The molecule has 4 N–H and O–H groups in total. The van der Waals surface area contributed by atoms with Gasteiger partial charge in [0.1, 0.15) is 5.82 Å². The summed E-state index contributed by atoms with van der Waals surface area (Å²) in [7, 11) is 0. The van der Waals surface area contributed by atoms with Gasteiger partial charge in [0.05, 0.1) is 6.04 Å². The van der Waals surface area contributed by atoms with Crippen LogP contribution in [0.1, 0.15) is 24.5 Å². The van der Waals surface area contributed by atoms with E-state index in [1.807, 2.05) is 36.4 Å². The Morgan fingerprint density at radius 3 is 2.54 bits per heavy atom. The molecule has 4 nitrogen and oxygen atoms in total. The molecule has 0 aliphatic heterocycles. The Bertz CT molecular complexity index is 658. The molecule has 2 rings (SSSR count). The van der Waals surface area contributed by atoms with Crippen LogP contribution in [-0.2, 0) is 17.8 Å². The Kier molecular flexibility index (Phi) is 6.75. The van der Waals surface area contributed by atoms with Crippen LogP contribution in [0.15, 0.2) is 48.5 Å². The summed E-state index contributed by atoms with van der Waals surface area (Å²) >= 11 is 0. The normalized spacial score (nSPS) is 11.9. The summed E-state index contributed by atoms with van der Waals surface area (Å²) in [4.78, 5) is 11.0. The van der Waals surface area contributed by atoms with Gasteiger partial charge >= 0.3 is 0 Å². The Morgan fingerprint density at radius 2 is 1.88 bits per heavy atom. The first-order valence-electron chi connectivity index (χ1n) is 8.15. The predicted octanol–water partition coefficient (Wildman–Crippen LogP) is 2.83. The molecule has 0 bridgehead atoms. The molecule has 0 radical (unpaired) electrons. The lowest BCUT2D eigenvalue weighted by Gasteiger charge is -2.11. The lowest BCUT2D eigenvalue weighted by Crippen LogP contribution is -2.38. The van der Waals surface area contributed by atoms with Gasteiger partial charge in [-0.3, -0.25) is 4.79 Å². The summed E-state index contributed by atoms with van der Waals surface area (Å²) in [6.45, 7) is 3.12. The first-order chi connectivity index (χ1) is 11.6. The van der Waals surface area contributed by atoms with Gasteiger partial charge in [-0.2, -0.15) is 0 Å². The van der Waals surface area contributed by atoms with Crippen LogP contribution < -0.4 is 16.4 Å². The Balaban J connectivity index is 1.72. The van der Waals surface area contributed by atoms with Gasteiger partial charge in [0, 0.05) is 18.8 Å². The number of carbonyl (C=O) groups excluding carboxylic acids is 1. The number of primary amides is 1. The molecule has 128 valence electrons. The van der Waals surface area contributed by atoms with Crippen molar-refractivity contribution in [3.63, 3.8) is 0 Å². The molecule has 0 aromatic heterocycles. The maximum atomic E-state index is 13.5. The van der Waals surface area contributed by atoms with Gasteiger partial charge in [0.15, 0.2) is 0 Å². The molecule has 1 atom stereocenters. The van der Waals surface area contributed by atoms with Crippen LogP contribution in [0.4, 0.5) is 10.1 Å². The van der Waals surface area contributed by atoms with E-state index in [9.17, 15) is 9.18 Å². The van der Waals surface area contributed by atoms with Crippen molar-refractivity contribution in [3.8, 4) is 0 Å². The average Bonchev–Trinajstić information content (AvgIpc) is 2.59. The lowest BCUT2D eigenvalue weighted by molar-refractivity contribution is -0.119. The lowest BCUT2D eigenvalue weighted by atomic mass is 10.1. The van der Waals surface area contributed by atoms with Gasteiger partial charge in [-0.1, -0.05) is 30.3 Å². The third kappa shape index (κ3) is 5.66. The van der Waals surface area contributed by atoms with E-state index in [1.54, 1.807) is 13.0 Å². The van der Waals surface area contributed by atoms with Crippen LogP contribution in [0.2, 0.25) is 0 Å². The number of rotatable bonds is 9. The number of halogens is 1. The highest BCUT2D eigenvalue weighted by atomic mass is 19.1. The van der Waals surface area contributed by atoms with Crippen molar-refractivity contribution in [1.82, 2.24) is 5.32 Å². The molecule has 0 saturated heterocycles. The summed E-state index contributed by atoms with van der Waals surface area (Å²) in [6.07, 6.45) is 1.58. The van der Waals surface area contributed by atoms with Crippen LogP contribution in [0, 0.1) is 5.82 Å². The van der Waals surface area contributed by atoms with E-state index in [0.717, 1.165) is 29.8 Å². The third-order valence-electron chi connectivity index (χ3n) is 3.90. The Morgan fingerprint density at radius 1 is 1.17 bits per heavy atom. The molecule has 2 aromatic carbocycles. The number of hydrogen-bond donors (Lipinski definition) is 3. The molecule has 1 amide bonds. The first-order valence-corrected chi connectivity index (χ1v) is 8.15. The van der Waals surface area contributed by atoms with Crippen LogP contribution >= 0.6 is 0 Å². The fourth-order valence-corrected chi connectivity index (χ4v) is 2.32. The zero-order chi connectivity index (χ0) is 17.4. The van der Waals surface area contributed by atoms with Crippen molar-refractivity contribution in [2.75, 3.05) is 11.9 Å². The van der Waals surface area contributed by atoms with Crippen molar-refractivity contribution in [2.24, 2.45) is 5.73 Å². The van der Waals surface area contributed by atoms with Gasteiger partial charge in [-0.05, 0) is 49.1 Å². The molecular formula is C19H24FN3O. The van der Waals surface area contributed by atoms with Crippen molar-refractivity contribution < 1.29 is 9.18 Å². The zero-order valence-electron chi connectivity index (χ0n) is 13.9. The van der Waals surface area contributed by atoms with E-state index >= 15 is 0 Å². The van der Waals surface area contributed by atoms with Crippen LogP contribution in [0.5, 0.6) is 0 Å². The van der Waals surface area contributed by atoms with Crippen molar-refractivity contribution in [3.05, 3.63) is 65.5 Å². The van der Waals surface area contributed by atoms with Crippen molar-refractivity contribution >= 4 is 11.6 Å². The highest BCUT2D eigenvalue weighted by Gasteiger charge is 2.06. The molecule has 0 heterocycles. The van der Waals surface area contributed by atoms with Gasteiger partial charge < -0.3 is 16.4 Å². The molecule has 24 heavy (non-hydrogen) atoms. The van der Waals surface area contributed by atoms with Crippen molar-refractivity contribution in [1.29, 1.82) is 0 Å². The summed E-state index contributed by atoms with van der Waals surface area (Å²) < 4.78 is 13.5. The van der Waals surface area contributed by atoms with Gasteiger partial charge in [0.25, 0.3) is 0 Å².